The maximum Gasteiger partial charge on any atom is 0.303 e. The summed E-state index contributed by atoms with van der Waals surface area (Å²) in [4.78, 5) is 35.1. The molecule has 3 fully saturated rings. The van der Waals surface area contributed by atoms with E-state index in [-0.39, 0.29) is 61.0 Å². The number of unbranched alkanes of at least 4 members (excludes halogenated alkanes) is 2. The van der Waals surface area contributed by atoms with Gasteiger partial charge in [-0.15, -0.1) is 0 Å². The van der Waals surface area contributed by atoms with Gasteiger partial charge in [-0.05, 0) is 50.0 Å². The van der Waals surface area contributed by atoms with Gasteiger partial charge in [-0.25, -0.2) is 0 Å². The maximum atomic E-state index is 12.4. The Morgan fingerprint density at radius 1 is 0.829 bits per heavy atom. The summed E-state index contributed by atoms with van der Waals surface area (Å²) >= 11 is 0. The monoisotopic (exact) mass is 484 g/mol. The smallest absolute Gasteiger partial charge is 0.303 e. The second-order valence-electron chi connectivity index (χ2n) is 9.72. The fourth-order valence-corrected chi connectivity index (χ4v) is 5.32. The molecule has 3 saturated heterocycles. The van der Waals surface area contributed by atoms with E-state index in [9.17, 15) is 14.4 Å². The average Bonchev–Trinajstić information content (AvgIpc) is 3.48. The molecule has 0 aliphatic carbocycles. The Bertz CT molecular complexity index is 904. The zero-order chi connectivity index (χ0) is 24.6. The fourth-order valence-electron chi connectivity index (χ4n) is 5.32. The van der Waals surface area contributed by atoms with Crippen LogP contribution in [0.5, 0.6) is 0 Å². The first-order valence-corrected chi connectivity index (χ1v) is 12.8. The number of aryl methyl sites for hydroxylation is 1. The van der Waals surface area contributed by atoms with Crippen molar-refractivity contribution in [1.82, 2.24) is 10.6 Å². The molecule has 6 atom stereocenters. The zero-order valence-corrected chi connectivity index (χ0v) is 20.1. The van der Waals surface area contributed by atoms with Gasteiger partial charge in [0.05, 0.1) is 18.8 Å². The van der Waals surface area contributed by atoms with Crippen molar-refractivity contribution in [3.63, 3.8) is 0 Å². The van der Waals surface area contributed by atoms with Gasteiger partial charge < -0.3 is 25.2 Å². The molecule has 4 rings (SSSR count). The van der Waals surface area contributed by atoms with E-state index in [1.807, 2.05) is 24.3 Å². The molecule has 0 saturated carbocycles. The summed E-state index contributed by atoms with van der Waals surface area (Å²) in [6.07, 6.45) is 9.99. The minimum Gasteiger partial charge on any atom is -0.481 e. The summed E-state index contributed by atoms with van der Waals surface area (Å²) in [5.41, 5.74) is 1.27. The first-order chi connectivity index (χ1) is 17.0. The second kappa shape index (κ2) is 12.3. The highest BCUT2D eigenvalue weighted by Crippen LogP contribution is 2.54. The van der Waals surface area contributed by atoms with E-state index in [0.717, 1.165) is 32.1 Å². The van der Waals surface area contributed by atoms with Crippen molar-refractivity contribution in [1.29, 1.82) is 0 Å². The van der Waals surface area contributed by atoms with Crippen LogP contribution in [0.2, 0.25) is 0 Å². The number of epoxide rings is 1. The molecule has 0 aromatic heterocycles. The van der Waals surface area contributed by atoms with Crippen LogP contribution in [0.25, 0.3) is 0 Å². The number of hydrogen-bond acceptors (Lipinski definition) is 5. The van der Waals surface area contributed by atoms with Gasteiger partial charge in [-0.1, -0.05) is 42.5 Å². The van der Waals surface area contributed by atoms with E-state index < -0.39 is 5.97 Å². The van der Waals surface area contributed by atoms with Crippen LogP contribution >= 0.6 is 0 Å². The van der Waals surface area contributed by atoms with Gasteiger partial charge in [-0.3, -0.25) is 14.4 Å². The Balaban J connectivity index is 1.12. The Kier molecular flexibility index (Phi) is 8.93. The largest absolute Gasteiger partial charge is 0.481 e. The predicted octanol–water partition coefficient (Wildman–Crippen LogP) is 2.61. The Labute approximate surface area is 206 Å². The molecule has 3 N–H and O–H groups in total. The van der Waals surface area contributed by atoms with Crippen LogP contribution in [0.15, 0.2) is 42.5 Å². The Morgan fingerprint density at radius 2 is 1.57 bits per heavy atom. The zero-order valence-electron chi connectivity index (χ0n) is 20.1. The van der Waals surface area contributed by atoms with Gasteiger partial charge in [0.2, 0.25) is 11.8 Å². The summed E-state index contributed by atoms with van der Waals surface area (Å²) in [5, 5.41) is 14.4. The van der Waals surface area contributed by atoms with Crippen molar-refractivity contribution in [2.45, 2.75) is 75.8 Å². The second-order valence-corrected chi connectivity index (χ2v) is 9.72. The Morgan fingerprint density at radius 3 is 2.34 bits per heavy atom. The molecule has 2 bridgehead atoms. The molecule has 1 aromatic carbocycles. The maximum absolute atomic E-state index is 12.4. The number of rotatable bonds is 15. The lowest BCUT2D eigenvalue weighted by molar-refractivity contribution is -0.137. The van der Waals surface area contributed by atoms with Crippen molar-refractivity contribution in [2.24, 2.45) is 11.8 Å². The van der Waals surface area contributed by atoms with Crippen LogP contribution in [-0.2, 0) is 30.3 Å². The summed E-state index contributed by atoms with van der Waals surface area (Å²) < 4.78 is 11.9. The number of carboxylic acids is 1. The minimum atomic E-state index is -0.771. The van der Waals surface area contributed by atoms with E-state index in [0.29, 0.717) is 19.4 Å². The highest BCUT2D eigenvalue weighted by atomic mass is 16.7. The normalized spacial score (nSPS) is 28.1. The lowest BCUT2D eigenvalue weighted by Gasteiger charge is -2.25. The third-order valence-electron chi connectivity index (χ3n) is 7.20. The van der Waals surface area contributed by atoms with Crippen LogP contribution in [0.1, 0.15) is 50.5 Å². The molecular weight excluding hydrogens is 448 g/mol. The van der Waals surface area contributed by atoms with Crippen LogP contribution < -0.4 is 10.6 Å². The van der Waals surface area contributed by atoms with Crippen LogP contribution in [0.3, 0.4) is 0 Å². The van der Waals surface area contributed by atoms with Crippen molar-refractivity contribution in [3.8, 4) is 0 Å². The molecule has 8 heteroatoms. The van der Waals surface area contributed by atoms with Crippen LogP contribution in [-0.4, -0.2) is 60.4 Å². The van der Waals surface area contributed by atoms with E-state index in [2.05, 4.69) is 28.8 Å². The quantitative estimate of drug-likeness (QED) is 0.200. The third-order valence-corrected chi connectivity index (χ3v) is 7.20. The number of ether oxygens (including phenoxy) is 2. The molecule has 1 aromatic rings. The van der Waals surface area contributed by atoms with E-state index in [4.69, 9.17) is 14.6 Å². The number of nitrogens with one attached hydrogen (secondary N) is 2. The van der Waals surface area contributed by atoms with Gasteiger partial charge in [0.25, 0.3) is 0 Å². The molecule has 0 unspecified atom stereocenters. The van der Waals surface area contributed by atoms with E-state index >= 15 is 0 Å². The summed E-state index contributed by atoms with van der Waals surface area (Å²) in [6, 6.07) is 10.2. The van der Waals surface area contributed by atoms with Gasteiger partial charge in [0.1, 0.15) is 12.2 Å². The van der Waals surface area contributed by atoms with Gasteiger partial charge in [0.15, 0.2) is 0 Å². The van der Waals surface area contributed by atoms with Gasteiger partial charge >= 0.3 is 5.97 Å². The predicted molar refractivity (Wildman–Crippen MR) is 130 cm³/mol. The number of carboxylic acid groups (broad SMARTS) is 1. The van der Waals surface area contributed by atoms with E-state index in [1.165, 1.54) is 5.56 Å². The first kappa shape index (κ1) is 25.4. The number of amides is 2. The van der Waals surface area contributed by atoms with Crippen molar-refractivity contribution >= 4 is 17.8 Å². The summed E-state index contributed by atoms with van der Waals surface area (Å²) in [6.45, 7) is 0.479. The molecule has 35 heavy (non-hydrogen) atoms. The molecular formula is C27H36N2O6. The van der Waals surface area contributed by atoms with E-state index in [1.54, 1.807) is 0 Å². The fraction of sp³-hybridized carbons (Fsp3) is 0.593. The van der Waals surface area contributed by atoms with Gasteiger partial charge in [-0.2, -0.15) is 0 Å². The van der Waals surface area contributed by atoms with Crippen LogP contribution in [0, 0.1) is 11.8 Å². The molecule has 2 amide bonds. The summed E-state index contributed by atoms with van der Waals surface area (Å²) in [5.74, 6) is -0.630. The molecule has 3 heterocycles. The van der Waals surface area contributed by atoms with Crippen molar-refractivity contribution in [3.05, 3.63) is 48.0 Å². The first-order valence-electron chi connectivity index (χ1n) is 12.8. The number of allylic oxidation sites excluding steroid dienone is 2. The number of hydrogen-bond donors (Lipinski definition) is 3. The number of benzene rings is 1. The Hall–Kier alpha value is -2.71. The van der Waals surface area contributed by atoms with Crippen LogP contribution in [0.4, 0.5) is 0 Å². The molecule has 3 aliphatic rings. The molecule has 8 nitrogen and oxygen atoms in total. The van der Waals surface area contributed by atoms with Crippen molar-refractivity contribution in [2.75, 3.05) is 13.1 Å². The topological polar surface area (TPSA) is 117 Å². The summed E-state index contributed by atoms with van der Waals surface area (Å²) in [7, 11) is 0. The molecule has 3 aliphatic heterocycles. The average molecular weight is 485 g/mol. The minimum absolute atomic E-state index is 0.00918. The third kappa shape index (κ3) is 7.15. The van der Waals surface area contributed by atoms with Gasteiger partial charge in [0, 0.05) is 25.3 Å². The lowest BCUT2D eigenvalue weighted by Crippen LogP contribution is -2.44. The highest BCUT2D eigenvalue weighted by Gasteiger charge is 2.68. The SMILES string of the molecule is O=C(O)CCC/C=C\C[C@H]1[C@@H](CNC(=O)CNC(=O)CCCCc2ccccc2)[C@@H]2O[C@H]1[C@@H]1O[C@@H]12. The molecule has 0 radical (unpaired) electrons. The number of carbonyl (C=O) groups excluding carboxylic acids is 2. The molecule has 190 valence electrons. The number of carbonyl (C=O) groups is 3. The number of fused-ring (bicyclic) bond motifs is 5. The molecule has 0 spiro atoms. The van der Waals surface area contributed by atoms with Crippen molar-refractivity contribution < 1.29 is 29.0 Å². The highest BCUT2D eigenvalue weighted by molar-refractivity contribution is 5.84. The standard InChI is InChI=1S/C27H36N2O6/c30-21(14-9-8-12-18-10-4-3-5-11-18)29-17-22(31)28-16-20-19(13-6-1-2-7-15-23(32)33)24-26-27(35-26)25(20)34-24/h1,3-6,10-11,19-20,24-27H,2,7-9,12-17H2,(H,28,31)(H,29,30)(H,32,33)/b6-1-/t19-,20+,24+,25-,26-,27+/m0/s1. The lowest BCUT2D eigenvalue weighted by atomic mass is 9.77. The number of aliphatic carboxylic acids is 1.